The number of hydrogen-bond donors (Lipinski definition) is 0. The number of nitrogens with zero attached hydrogens (tertiary/aromatic N) is 1. The average molecular weight is 564 g/mol. The second-order valence-electron chi connectivity index (χ2n) is 10.3. The first-order chi connectivity index (χ1) is 20.7. The van der Waals surface area contributed by atoms with E-state index in [0.29, 0.717) is 19.8 Å². The van der Waals surface area contributed by atoms with Gasteiger partial charge in [0.2, 0.25) is 0 Å². The van der Waals surface area contributed by atoms with Crippen LogP contribution in [0, 0.1) is 0 Å². The van der Waals surface area contributed by atoms with Crippen molar-refractivity contribution < 1.29 is 23.7 Å². The highest BCUT2D eigenvalue weighted by Crippen LogP contribution is 2.33. The standard InChI is InChI=1S/C36H37NO5/c1-2-32-34(40-24-29-17-9-4-10-18-29)35(41-25-30-19-11-5-12-20-30)33(27-39-23-28-15-7-3-8-16-28)37(32)36(38)42-26-31-21-13-6-14-22-31/h2-22,32-35H,1,23-27H2/t32-,33-,34-,35-/m0/s1. The summed E-state index contributed by atoms with van der Waals surface area (Å²) < 4.78 is 25.2. The minimum atomic E-state index is -0.489. The number of ether oxygens (including phenoxy) is 4. The highest BCUT2D eigenvalue weighted by Gasteiger charge is 2.52. The molecule has 0 radical (unpaired) electrons. The molecule has 1 aliphatic rings. The summed E-state index contributed by atoms with van der Waals surface area (Å²) in [7, 11) is 0. The second kappa shape index (κ2) is 15.1. The monoisotopic (exact) mass is 563 g/mol. The lowest BCUT2D eigenvalue weighted by Gasteiger charge is -2.29. The fraction of sp³-hybridized carbons (Fsp3) is 0.250. The van der Waals surface area contributed by atoms with E-state index in [1.54, 1.807) is 11.0 Å². The summed E-state index contributed by atoms with van der Waals surface area (Å²) in [5.74, 6) is 0. The topological polar surface area (TPSA) is 57.2 Å². The van der Waals surface area contributed by atoms with Crippen LogP contribution < -0.4 is 0 Å². The van der Waals surface area contributed by atoms with Crippen molar-refractivity contribution in [3.05, 3.63) is 156 Å². The summed E-state index contributed by atoms with van der Waals surface area (Å²) in [5, 5.41) is 0. The predicted molar refractivity (Wildman–Crippen MR) is 162 cm³/mol. The minimum absolute atomic E-state index is 0.155. The van der Waals surface area contributed by atoms with Crippen molar-refractivity contribution in [3.8, 4) is 0 Å². The van der Waals surface area contributed by atoms with Gasteiger partial charge in [0.25, 0.3) is 0 Å². The van der Waals surface area contributed by atoms with Crippen molar-refractivity contribution >= 4 is 6.09 Å². The molecule has 4 aromatic rings. The maximum Gasteiger partial charge on any atom is 0.411 e. The van der Waals surface area contributed by atoms with Crippen LogP contribution in [-0.2, 0) is 45.4 Å². The van der Waals surface area contributed by atoms with Crippen LogP contribution in [0.3, 0.4) is 0 Å². The lowest BCUT2D eigenvalue weighted by Crippen LogP contribution is -2.46. The van der Waals surface area contributed by atoms with Crippen LogP contribution in [0.15, 0.2) is 134 Å². The number of benzene rings is 4. The molecule has 0 bridgehead atoms. The summed E-state index contributed by atoms with van der Waals surface area (Å²) in [6.45, 7) is 5.62. The Kier molecular flexibility index (Phi) is 10.5. The predicted octanol–water partition coefficient (Wildman–Crippen LogP) is 6.95. The molecule has 0 spiro atoms. The second-order valence-corrected chi connectivity index (χ2v) is 10.3. The fourth-order valence-electron chi connectivity index (χ4n) is 5.23. The van der Waals surface area contributed by atoms with Crippen LogP contribution in [0.1, 0.15) is 22.3 Å². The van der Waals surface area contributed by atoms with E-state index in [-0.39, 0.29) is 13.2 Å². The first kappa shape index (κ1) is 29.3. The molecule has 0 unspecified atom stereocenters. The Morgan fingerprint density at radius 2 is 1.05 bits per heavy atom. The van der Waals surface area contributed by atoms with Crippen molar-refractivity contribution in [2.24, 2.45) is 0 Å². The minimum Gasteiger partial charge on any atom is -0.445 e. The van der Waals surface area contributed by atoms with Gasteiger partial charge < -0.3 is 18.9 Å². The summed E-state index contributed by atoms with van der Waals surface area (Å²) in [6, 6.07) is 38.6. The van der Waals surface area contributed by atoms with Crippen LogP contribution in [0.2, 0.25) is 0 Å². The molecule has 6 heteroatoms. The summed E-state index contributed by atoms with van der Waals surface area (Å²) in [6.07, 6.45) is 0.310. The molecule has 4 aromatic carbocycles. The first-order valence-electron chi connectivity index (χ1n) is 14.3. The molecule has 216 valence electrons. The smallest absolute Gasteiger partial charge is 0.411 e. The number of amides is 1. The van der Waals surface area contributed by atoms with Crippen LogP contribution in [0.5, 0.6) is 0 Å². The van der Waals surface area contributed by atoms with E-state index in [4.69, 9.17) is 18.9 Å². The van der Waals surface area contributed by atoms with Gasteiger partial charge in [-0.3, -0.25) is 4.90 Å². The molecule has 0 saturated carbocycles. The summed E-state index contributed by atoms with van der Waals surface area (Å²) >= 11 is 0. The SMILES string of the molecule is C=C[C@H]1[C@H](OCc2ccccc2)[C@@H](OCc2ccccc2)[C@H](COCc2ccccc2)N1C(=O)OCc1ccccc1. The van der Waals surface area contributed by atoms with Crippen LogP contribution in [-0.4, -0.2) is 41.9 Å². The molecule has 5 rings (SSSR count). The van der Waals surface area contributed by atoms with Gasteiger partial charge in [0.05, 0.1) is 38.5 Å². The molecule has 0 aromatic heterocycles. The van der Waals surface area contributed by atoms with Gasteiger partial charge >= 0.3 is 6.09 Å². The zero-order chi connectivity index (χ0) is 29.0. The third kappa shape index (κ3) is 7.74. The van der Waals surface area contributed by atoms with Gasteiger partial charge in [-0.15, -0.1) is 6.58 Å². The molecule has 1 aliphatic heterocycles. The van der Waals surface area contributed by atoms with Crippen molar-refractivity contribution in [3.63, 3.8) is 0 Å². The summed E-state index contributed by atoms with van der Waals surface area (Å²) in [4.78, 5) is 15.4. The van der Waals surface area contributed by atoms with Gasteiger partial charge in [-0.1, -0.05) is 127 Å². The van der Waals surface area contributed by atoms with Gasteiger partial charge in [0, 0.05) is 0 Å². The van der Waals surface area contributed by atoms with E-state index in [1.807, 2.05) is 121 Å². The van der Waals surface area contributed by atoms with E-state index in [1.165, 1.54) is 0 Å². The van der Waals surface area contributed by atoms with E-state index < -0.39 is 30.4 Å². The third-order valence-corrected chi connectivity index (χ3v) is 7.35. The Morgan fingerprint density at radius 3 is 1.52 bits per heavy atom. The average Bonchev–Trinajstić information content (AvgIpc) is 3.35. The Morgan fingerprint density at radius 1 is 0.619 bits per heavy atom. The molecule has 1 saturated heterocycles. The molecule has 42 heavy (non-hydrogen) atoms. The van der Waals surface area contributed by atoms with Crippen molar-refractivity contribution in [2.75, 3.05) is 6.61 Å². The van der Waals surface area contributed by atoms with Crippen LogP contribution in [0.4, 0.5) is 4.79 Å². The molecular weight excluding hydrogens is 526 g/mol. The zero-order valence-corrected chi connectivity index (χ0v) is 23.7. The number of hydrogen-bond acceptors (Lipinski definition) is 5. The Labute approximate surface area is 248 Å². The number of carbonyl (C=O) groups excluding carboxylic acids is 1. The molecule has 6 nitrogen and oxygen atoms in total. The Balaban J connectivity index is 1.40. The molecule has 1 heterocycles. The number of carbonyl (C=O) groups is 1. The molecule has 4 atom stereocenters. The number of likely N-dealkylation sites (tertiary alicyclic amines) is 1. The third-order valence-electron chi connectivity index (χ3n) is 7.35. The van der Waals surface area contributed by atoms with E-state index in [2.05, 4.69) is 6.58 Å². The normalized spacial score (nSPS) is 19.9. The maximum atomic E-state index is 13.8. The lowest BCUT2D eigenvalue weighted by molar-refractivity contribution is -0.0841. The highest BCUT2D eigenvalue weighted by atomic mass is 16.6. The maximum absolute atomic E-state index is 13.8. The molecular formula is C36H37NO5. The molecule has 0 aliphatic carbocycles. The van der Waals surface area contributed by atoms with Crippen molar-refractivity contribution in [1.29, 1.82) is 0 Å². The molecule has 1 amide bonds. The van der Waals surface area contributed by atoms with Gasteiger partial charge in [-0.05, 0) is 22.3 Å². The first-order valence-corrected chi connectivity index (χ1v) is 14.3. The Hall–Kier alpha value is -4.23. The molecule has 1 fully saturated rings. The largest absolute Gasteiger partial charge is 0.445 e. The quantitative estimate of drug-likeness (QED) is 0.165. The van der Waals surface area contributed by atoms with Gasteiger partial charge in [-0.2, -0.15) is 0 Å². The number of rotatable bonds is 13. The Bertz CT molecular complexity index is 1370. The lowest BCUT2D eigenvalue weighted by atomic mass is 10.1. The van der Waals surface area contributed by atoms with Gasteiger partial charge in [0.15, 0.2) is 0 Å². The van der Waals surface area contributed by atoms with Crippen LogP contribution in [0.25, 0.3) is 0 Å². The van der Waals surface area contributed by atoms with Gasteiger partial charge in [0.1, 0.15) is 18.8 Å². The fourth-order valence-corrected chi connectivity index (χ4v) is 5.23. The van der Waals surface area contributed by atoms with E-state index >= 15 is 0 Å². The zero-order valence-electron chi connectivity index (χ0n) is 23.7. The van der Waals surface area contributed by atoms with E-state index in [0.717, 1.165) is 22.3 Å². The van der Waals surface area contributed by atoms with Gasteiger partial charge in [-0.25, -0.2) is 4.79 Å². The van der Waals surface area contributed by atoms with Crippen molar-refractivity contribution in [2.45, 2.75) is 50.7 Å². The summed E-state index contributed by atoms with van der Waals surface area (Å²) in [5.41, 5.74) is 4.02. The van der Waals surface area contributed by atoms with Crippen LogP contribution >= 0.6 is 0 Å². The highest BCUT2D eigenvalue weighted by molar-refractivity contribution is 5.70. The molecule has 0 N–H and O–H groups in total. The van der Waals surface area contributed by atoms with Crippen molar-refractivity contribution in [1.82, 2.24) is 4.90 Å². The van der Waals surface area contributed by atoms with E-state index in [9.17, 15) is 4.79 Å².